The molecule has 0 unspecified atom stereocenters. The molecular weight excluding hydrogens is 399 g/mol. The third-order valence-electron chi connectivity index (χ3n) is 4.28. The maximum atomic E-state index is 9.36. The molecule has 0 bridgehead atoms. The number of fused-ring (bicyclic) bond motifs is 1. The van der Waals surface area contributed by atoms with E-state index in [1.807, 2.05) is 46.8 Å². The van der Waals surface area contributed by atoms with Gasteiger partial charge in [-0.3, -0.25) is 0 Å². The van der Waals surface area contributed by atoms with E-state index in [2.05, 4.69) is 10.2 Å². The highest BCUT2D eigenvalue weighted by molar-refractivity contribution is 6.36. The molecule has 0 aliphatic heterocycles. The van der Waals surface area contributed by atoms with Gasteiger partial charge in [-0.1, -0.05) is 37.0 Å². The Kier molecular flexibility index (Phi) is 5.84. The molecule has 148 valence electrons. The highest BCUT2D eigenvalue weighted by atomic mass is 35.5. The lowest BCUT2D eigenvalue weighted by atomic mass is 10.1. The summed E-state index contributed by atoms with van der Waals surface area (Å²) in [5, 5.41) is 19.5. The summed E-state index contributed by atoms with van der Waals surface area (Å²) in [6, 6.07) is 7.15. The van der Waals surface area contributed by atoms with Crippen LogP contribution in [0.4, 0.5) is 0 Å². The average Bonchev–Trinajstić information content (AvgIpc) is 3.28. The summed E-state index contributed by atoms with van der Waals surface area (Å²) < 4.78 is 9.50. The number of aromatic nitrogens is 4. The molecule has 1 aromatic carbocycles. The second kappa shape index (κ2) is 7.99. The van der Waals surface area contributed by atoms with E-state index in [-0.39, 0.29) is 6.61 Å². The number of hydrogen-bond acceptors (Lipinski definition) is 4. The molecular formula is C20H22Cl2N4O2. The minimum absolute atomic E-state index is 0.125. The predicted octanol–water partition coefficient (Wildman–Crippen LogP) is 5.53. The van der Waals surface area contributed by atoms with Gasteiger partial charge in [0.1, 0.15) is 11.5 Å². The molecule has 0 radical (unpaired) electrons. The molecule has 3 heterocycles. The first-order chi connectivity index (χ1) is 13.4. The third-order valence-corrected chi connectivity index (χ3v) is 4.83. The molecule has 0 saturated heterocycles. The van der Waals surface area contributed by atoms with Gasteiger partial charge >= 0.3 is 0 Å². The zero-order chi connectivity index (χ0) is 20.6. The topological polar surface area (TPSA) is 68.5 Å². The van der Waals surface area contributed by atoms with Crippen molar-refractivity contribution in [2.75, 3.05) is 0 Å². The van der Waals surface area contributed by atoms with Crippen molar-refractivity contribution in [1.82, 2.24) is 19.4 Å². The number of hydrogen-bond donors (Lipinski definition) is 1. The van der Waals surface area contributed by atoms with Gasteiger partial charge in [-0.15, -0.1) is 0 Å². The molecule has 1 N–H and O–H groups in total. The van der Waals surface area contributed by atoms with Gasteiger partial charge in [0.25, 0.3) is 0 Å². The van der Waals surface area contributed by atoms with E-state index in [1.54, 1.807) is 21.3 Å². The van der Waals surface area contributed by atoms with Gasteiger partial charge in [-0.25, -0.2) is 4.68 Å². The third kappa shape index (κ3) is 3.32. The molecule has 6 nitrogen and oxygen atoms in total. The van der Waals surface area contributed by atoms with Crippen LogP contribution < -0.4 is 0 Å². The van der Waals surface area contributed by atoms with Crippen molar-refractivity contribution < 1.29 is 9.52 Å². The molecule has 0 atom stereocenters. The van der Waals surface area contributed by atoms with E-state index in [0.717, 1.165) is 28.3 Å². The van der Waals surface area contributed by atoms with E-state index in [0.29, 0.717) is 27.2 Å². The Balaban J connectivity index is 0.00000109. The summed E-state index contributed by atoms with van der Waals surface area (Å²) in [5.74, 6) is 0.685. The highest BCUT2D eigenvalue weighted by Crippen LogP contribution is 2.36. The number of rotatable bonds is 3. The van der Waals surface area contributed by atoms with Crippen molar-refractivity contribution in [3.8, 4) is 16.9 Å². The molecule has 28 heavy (non-hydrogen) atoms. The number of oxazole rings is 1. The summed E-state index contributed by atoms with van der Waals surface area (Å²) in [4.78, 5) is 0. The fourth-order valence-corrected chi connectivity index (χ4v) is 3.65. The van der Waals surface area contributed by atoms with Crippen molar-refractivity contribution in [3.05, 3.63) is 57.2 Å². The first-order valence-corrected chi connectivity index (χ1v) is 9.77. The first kappa shape index (κ1) is 20.5. The van der Waals surface area contributed by atoms with Gasteiger partial charge in [0.15, 0.2) is 5.69 Å². The minimum Gasteiger partial charge on any atom is -0.439 e. The fraction of sp³-hybridized carbons (Fsp3) is 0.300. The van der Waals surface area contributed by atoms with Crippen LogP contribution >= 0.6 is 23.2 Å². The number of aliphatic hydroxyl groups excluding tert-OH is 1. The van der Waals surface area contributed by atoms with Crippen LogP contribution in [0, 0.1) is 20.8 Å². The summed E-state index contributed by atoms with van der Waals surface area (Å²) in [5.41, 5.74) is 5.08. The lowest BCUT2D eigenvalue weighted by Crippen LogP contribution is -2.00. The number of halogens is 2. The lowest BCUT2D eigenvalue weighted by molar-refractivity contribution is 0.276. The number of aliphatic hydroxyl groups is 1. The number of benzene rings is 1. The fourth-order valence-electron chi connectivity index (χ4n) is 3.15. The molecule has 4 rings (SSSR count). The standard InChI is InChI=1S/C18H16Cl2N4O2.C2H6/c1-9-6-13(8-25)22-23(9)16-10(2)21-24-17(11(3)26-18(16)24)14-5-4-12(19)7-15(14)20;1-2/h4-7,25H,8H2,1-3H3;1-2H3. The van der Waals surface area contributed by atoms with E-state index in [9.17, 15) is 5.11 Å². The van der Waals surface area contributed by atoms with Crippen LogP contribution in [0.3, 0.4) is 0 Å². The molecule has 0 spiro atoms. The van der Waals surface area contributed by atoms with E-state index in [1.165, 1.54) is 0 Å². The van der Waals surface area contributed by atoms with Crippen LogP contribution in [0.2, 0.25) is 10.0 Å². The van der Waals surface area contributed by atoms with E-state index < -0.39 is 0 Å². The van der Waals surface area contributed by atoms with E-state index in [4.69, 9.17) is 27.6 Å². The van der Waals surface area contributed by atoms with Crippen LogP contribution in [-0.4, -0.2) is 24.5 Å². The Hall–Kier alpha value is -2.28. The van der Waals surface area contributed by atoms with Gasteiger partial charge in [0, 0.05) is 16.3 Å². The first-order valence-electron chi connectivity index (χ1n) is 9.01. The Labute approximate surface area is 173 Å². The largest absolute Gasteiger partial charge is 0.439 e. The van der Waals surface area contributed by atoms with Crippen LogP contribution in [0.1, 0.15) is 36.7 Å². The quantitative estimate of drug-likeness (QED) is 0.472. The Bertz CT molecular complexity index is 1140. The average molecular weight is 421 g/mol. The molecule has 3 aromatic heterocycles. The number of nitrogens with zero attached hydrogens (tertiary/aromatic N) is 4. The van der Waals surface area contributed by atoms with Crippen LogP contribution in [-0.2, 0) is 6.61 Å². The van der Waals surface area contributed by atoms with Gasteiger partial charge in [-0.05, 0) is 45.0 Å². The van der Waals surface area contributed by atoms with Gasteiger partial charge in [-0.2, -0.15) is 14.7 Å². The van der Waals surface area contributed by atoms with Crippen LogP contribution in [0.25, 0.3) is 22.7 Å². The Morgan fingerprint density at radius 2 is 1.79 bits per heavy atom. The maximum absolute atomic E-state index is 9.36. The summed E-state index contributed by atoms with van der Waals surface area (Å²) in [6.07, 6.45) is 0. The molecule has 0 aliphatic carbocycles. The molecule has 0 amide bonds. The molecule has 8 heteroatoms. The number of aryl methyl sites for hydroxylation is 3. The van der Waals surface area contributed by atoms with Crippen molar-refractivity contribution in [2.24, 2.45) is 0 Å². The van der Waals surface area contributed by atoms with Crippen LogP contribution in [0.5, 0.6) is 0 Å². The summed E-state index contributed by atoms with van der Waals surface area (Å²) in [7, 11) is 0. The maximum Gasteiger partial charge on any atom is 0.249 e. The van der Waals surface area contributed by atoms with Crippen molar-refractivity contribution >= 4 is 28.9 Å². The van der Waals surface area contributed by atoms with E-state index >= 15 is 0 Å². The monoisotopic (exact) mass is 420 g/mol. The van der Waals surface area contributed by atoms with Gasteiger partial charge < -0.3 is 9.52 Å². The van der Waals surface area contributed by atoms with Crippen LogP contribution in [0.15, 0.2) is 28.7 Å². The molecule has 0 aliphatic rings. The molecule has 4 aromatic rings. The van der Waals surface area contributed by atoms with Crippen molar-refractivity contribution in [1.29, 1.82) is 0 Å². The highest BCUT2D eigenvalue weighted by Gasteiger charge is 2.24. The lowest BCUT2D eigenvalue weighted by Gasteiger charge is -2.03. The SMILES string of the molecule is CC.Cc1nn2c(-c3ccc(Cl)cc3Cl)c(C)oc2c1-n1nc(CO)cc1C. The van der Waals surface area contributed by atoms with Crippen molar-refractivity contribution in [2.45, 2.75) is 41.2 Å². The second-order valence-electron chi connectivity index (χ2n) is 6.13. The predicted molar refractivity (Wildman–Crippen MR) is 112 cm³/mol. The zero-order valence-electron chi connectivity index (χ0n) is 16.4. The Morgan fingerprint density at radius 1 is 1.07 bits per heavy atom. The minimum atomic E-state index is -0.125. The smallest absolute Gasteiger partial charge is 0.249 e. The Morgan fingerprint density at radius 3 is 2.39 bits per heavy atom. The van der Waals surface area contributed by atoms with Gasteiger partial charge in [0.2, 0.25) is 5.71 Å². The zero-order valence-corrected chi connectivity index (χ0v) is 17.9. The molecule has 0 saturated carbocycles. The molecule has 0 fully saturated rings. The normalized spacial score (nSPS) is 11.0. The second-order valence-corrected chi connectivity index (χ2v) is 6.97. The van der Waals surface area contributed by atoms with Gasteiger partial charge in [0.05, 0.1) is 23.0 Å². The summed E-state index contributed by atoms with van der Waals surface area (Å²) in [6.45, 7) is 9.55. The summed E-state index contributed by atoms with van der Waals surface area (Å²) >= 11 is 12.4. The van der Waals surface area contributed by atoms with Crippen molar-refractivity contribution in [3.63, 3.8) is 0 Å².